The smallest absolute Gasteiger partial charge is 0.226 e. The summed E-state index contributed by atoms with van der Waals surface area (Å²) in [5.41, 5.74) is 1.36. The fraction of sp³-hybridized carbons (Fsp3) is 0.769. The van der Waals surface area contributed by atoms with Gasteiger partial charge in [-0.2, -0.15) is 0 Å². The molecule has 90 valence electrons. The van der Waals surface area contributed by atoms with Crippen LogP contribution in [0.5, 0.6) is 0 Å². The molecule has 0 unspecified atom stereocenters. The molecule has 1 saturated heterocycles. The fourth-order valence-corrected chi connectivity index (χ4v) is 2.53. The second-order valence-electron chi connectivity index (χ2n) is 4.98. The molecule has 3 nitrogen and oxygen atoms in total. The van der Waals surface area contributed by atoms with E-state index >= 15 is 0 Å². The van der Waals surface area contributed by atoms with E-state index in [1.54, 1.807) is 0 Å². The molecule has 1 aliphatic heterocycles. The summed E-state index contributed by atoms with van der Waals surface area (Å²) in [7, 11) is 0. The second-order valence-corrected chi connectivity index (χ2v) is 4.98. The van der Waals surface area contributed by atoms with Crippen molar-refractivity contribution in [3.63, 3.8) is 0 Å². The average molecular weight is 222 g/mol. The van der Waals surface area contributed by atoms with Gasteiger partial charge in [-0.15, -0.1) is 0 Å². The Kier molecular flexibility index (Phi) is 3.99. The molecule has 1 heterocycles. The number of rotatable bonds is 2. The van der Waals surface area contributed by atoms with E-state index < -0.39 is 0 Å². The van der Waals surface area contributed by atoms with Crippen LogP contribution in [0.2, 0.25) is 0 Å². The molecule has 2 aliphatic rings. The van der Waals surface area contributed by atoms with Crippen LogP contribution in [0.4, 0.5) is 0 Å². The van der Waals surface area contributed by atoms with Gasteiger partial charge in [-0.05, 0) is 32.6 Å². The molecule has 0 bridgehead atoms. The minimum absolute atomic E-state index is 0.321. The minimum atomic E-state index is 0.321. The maximum atomic E-state index is 12.1. The lowest BCUT2D eigenvalue weighted by atomic mass is 9.96. The number of carbonyl (C=O) groups excluding carboxylic acids is 1. The van der Waals surface area contributed by atoms with Crippen molar-refractivity contribution in [1.29, 1.82) is 0 Å². The van der Waals surface area contributed by atoms with Crippen LogP contribution >= 0.6 is 0 Å². The summed E-state index contributed by atoms with van der Waals surface area (Å²) in [6.45, 7) is 4.81. The summed E-state index contributed by atoms with van der Waals surface area (Å²) in [4.78, 5) is 14.1. The van der Waals surface area contributed by atoms with Gasteiger partial charge in [-0.25, -0.2) is 0 Å². The Hall–Kier alpha value is -0.830. The molecular weight excluding hydrogens is 200 g/mol. The van der Waals surface area contributed by atoms with Crippen LogP contribution in [0, 0.1) is 0 Å². The van der Waals surface area contributed by atoms with Crippen LogP contribution in [0.3, 0.4) is 0 Å². The maximum Gasteiger partial charge on any atom is 0.226 e. The Labute approximate surface area is 97.9 Å². The van der Waals surface area contributed by atoms with Crippen LogP contribution < -0.4 is 5.32 Å². The lowest BCUT2D eigenvalue weighted by Crippen LogP contribution is -2.51. The Morgan fingerprint density at radius 1 is 1.56 bits per heavy atom. The highest BCUT2D eigenvalue weighted by molar-refractivity contribution is 5.78. The normalized spacial score (nSPS) is 26.4. The van der Waals surface area contributed by atoms with Gasteiger partial charge in [0.15, 0.2) is 0 Å². The molecule has 1 aliphatic carbocycles. The van der Waals surface area contributed by atoms with Crippen LogP contribution in [0.1, 0.15) is 39.0 Å². The van der Waals surface area contributed by atoms with Gasteiger partial charge in [0.05, 0.1) is 0 Å². The van der Waals surface area contributed by atoms with Gasteiger partial charge in [-0.3, -0.25) is 4.79 Å². The summed E-state index contributed by atoms with van der Waals surface area (Å²) in [5, 5.41) is 3.36. The molecule has 0 radical (unpaired) electrons. The SMILES string of the molecule is C[C@@H]1CN(C(=O)CC2=CCCCC2)CCN1. The molecule has 1 amide bonds. The molecular formula is C13H22N2O. The summed E-state index contributed by atoms with van der Waals surface area (Å²) < 4.78 is 0. The van der Waals surface area contributed by atoms with Crippen molar-refractivity contribution in [2.24, 2.45) is 0 Å². The zero-order chi connectivity index (χ0) is 11.4. The lowest BCUT2D eigenvalue weighted by molar-refractivity contribution is -0.131. The number of allylic oxidation sites excluding steroid dienone is 1. The Morgan fingerprint density at radius 3 is 3.12 bits per heavy atom. The van der Waals surface area contributed by atoms with Gasteiger partial charge in [0, 0.05) is 32.1 Å². The van der Waals surface area contributed by atoms with Gasteiger partial charge >= 0.3 is 0 Å². The first-order chi connectivity index (χ1) is 7.75. The van der Waals surface area contributed by atoms with E-state index in [0.29, 0.717) is 18.4 Å². The Bertz CT molecular complexity index is 286. The molecule has 0 aromatic carbocycles. The first-order valence-corrected chi connectivity index (χ1v) is 6.45. The van der Waals surface area contributed by atoms with E-state index in [1.807, 2.05) is 4.90 Å². The monoisotopic (exact) mass is 222 g/mol. The van der Waals surface area contributed by atoms with Crippen LogP contribution in [-0.2, 0) is 4.79 Å². The van der Waals surface area contributed by atoms with E-state index in [4.69, 9.17) is 0 Å². The zero-order valence-corrected chi connectivity index (χ0v) is 10.2. The highest BCUT2D eigenvalue weighted by Gasteiger charge is 2.21. The number of nitrogens with zero attached hydrogens (tertiary/aromatic N) is 1. The molecule has 0 saturated carbocycles. The van der Waals surface area contributed by atoms with Crippen molar-refractivity contribution in [3.8, 4) is 0 Å². The van der Waals surface area contributed by atoms with E-state index in [0.717, 1.165) is 26.1 Å². The number of amides is 1. The highest BCUT2D eigenvalue weighted by Crippen LogP contribution is 2.21. The summed E-state index contributed by atoms with van der Waals surface area (Å²) in [5.74, 6) is 0.321. The van der Waals surface area contributed by atoms with Gasteiger partial charge in [0.2, 0.25) is 5.91 Å². The van der Waals surface area contributed by atoms with Crippen molar-refractivity contribution in [2.75, 3.05) is 19.6 Å². The quantitative estimate of drug-likeness (QED) is 0.721. The van der Waals surface area contributed by atoms with E-state index in [9.17, 15) is 4.79 Å². The number of hydrogen-bond donors (Lipinski definition) is 1. The summed E-state index contributed by atoms with van der Waals surface area (Å²) >= 11 is 0. The third-order valence-electron chi connectivity index (χ3n) is 3.48. The largest absolute Gasteiger partial charge is 0.340 e. The third-order valence-corrected chi connectivity index (χ3v) is 3.48. The van der Waals surface area contributed by atoms with E-state index in [-0.39, 0.29) is 0 Å². The highest BCUT2D eigenvalue weighted by atomic mass is 16.2. The van der Waals surface area contributed by atoms with E-state index in [1.165, 1.54) is 24.8 Å². The lowest BCUT2D eigenvalue weighted by Gasteiger charge is -2.32. The second kappa shape index (κ2) is 5.48. The minimum Gasteiger partial charge on any atom is -0.340 e. The molecule has 2 rings (SSSR count). The third kappa shape index (κ3) is 3.08. The predicted molar refractivity (Wildman–Crippen MR) is 65.2 cm³/mol. The molecule has 0 spiro atoms. The predicted octanol–water partition coefficient (Wildman–Crippen LogP) is 1.70. The number of piperazine rings is 1. The molecule has 0 aromatic heterocycles. The topological polar surface area (TPSA) is 32.3 Å². The summed E-state index contributed by atoms with van der Waals surface area (Å²) in [6, 6.07) is 0.443. The zero-order valence-electron chi connectivity index (χ0n) is 10.2. The Morgan fingerprint density at radius 2 is 2.44 bits per heavy atom. The molecule has 1 N–H and O–H groups in total. The molecule has 0 aromatic rings. The van der Waals surface area contributed by atoms with Gasteiger partial charge in [-0.1, -0.05) is 11.6 Å². The van der Waals surface area contributed by atoms with Gasteiger partial charge < -0.3 is 10.2 Å². The molecule has 1 fully saturated rings. The maximum absolute atomic E-state index is 12.1. The molecule has 3 heteroatoms. The van der Waals surface area contributed by atoms with Crippen LogP contribution in [0.15, 0.2) is 11.6 Å². The molecule has 16 heavy (non-hydrogen) atoms. The average Bonchev–Trinajstić information content (AvgIpc) is 2.30. The van der Waals surface area contributed by atoms with Crippen molar-refractivity contribution >= 4 is 5.91 Å². The molecule has 1 atom stereocenters. The number of hydrogen-bond acceptors (Lipinski definition) is 2. The van der Waals surface area contributed by atoms with Crippen molar-refractivity contribution in [3.05, 3.63) is 11.6 Å². The fourth-order valence-electron chi connectivity index (χ4n) is 2.53. The summed E-state index contributed by atoms with van der Waals surface area (Å²) in [6.07, 6.45) is 7.78. The Balaban J connectivity index is 1.84. The van der Waals surface area contributed by atoms with E-state index in [2.05, 4.69) is 18.3 Å². The number of carbonyl (C=O) groups is 1. The van der Waals surface area contributed by atoms with Crippen LogP contribution in [0.25, 0.3) is 0 Å². The first kappa shape index (κ1) is 11.6. The van der Waals surface area contributed by atoms with Crippen molar-refractivity contribution < 1.29 is 4.79 Å². The van der Waals surface area contributed by atoms with Gasteiger partial charge in [0.1, 0.15) is 0 Å². The van der Waals surface area contributed by atoms with Crippen LogP contribution in [-0.4, -0.2) is 36.5 Å². The standard InChI is InChI=1S/C13H22N2O/c1-11-10-15(8-7-14-11)13(16)9-12-5-3-2-4-6-12/h5,11,14H,2-4,6-10H2,1H3/t11-/m1/s1. The van der Waals surface area contributed by atoms with Crippen molar-refractivity contribution in [1.82, 2.24) is 10.2 Å². The first-order valence-electron chi connectivity index (χ1n) is 6.45. The van der Waals surface area contributed by atoms with Gasteiger partial charge in [0.25, 0.3) is 0 Å². The van der Waals surface area contributed by atoms with Crippen molar-refractivity contribution in [2.45, 2.75) is 45.1 Å². The number of nitrogens with one attached hydrogen (secondary N) is 1.